The molecule has 0 aliphatic carbocycles. The second-order valence-electron chi connectivity index (χ2n) is 8.24. The average molecular weight is 460 g/mol. The lowest BCUT2D eigenvalue weighted by Gasteiger charge is -2.25. The van der Waals surface area contributed by atoms with E-state index in [4.69, 9.17) is 14.2 Å². The van der Waals surface area contributed by atoms with Crippen molar-refractivity contribution in [2.75, 3.05) is 33.4 Å². The molecule has 2 aromatic carbocycles. The van der Waals surface area contributed by atoms with Crippen LogP contribution in [0.2, 0.25) is 0 Å². The van der Waals surface area contributed by atoms with Gasteiger partial charge in [-0.25, -0.2) is 0 Å². The molecule has 0 bridgehead atoms. The second kappa shape index (κ2) is 9.15. The summed E-state index contributed by atoms with van der Waals surface area (Å²) >= 11 is 0. The van der Waals surface area contributed by atoms with Gasteiger partial charge in [0.15, 0.2) is 5.76 Å². The molecule has 0 amide bonds. The number of nitrogens with zero attached hydrogens (tertiary/aromatic N) is 2. The van der Waals surface area contributed by atoms with Gasteiger partial charge in [0.05, 0.1) is 37.8 Å². The summed E-state index contributed by atoms with van der Waals surface area (Å²) in [5, 5.41) is 11.8. The molecule has 1 N–H and O–H groups in total. The zero-order chi connectivity index (χ0) is 23.7. The van der Waals surface area contributed by atoms with Crippen LogP contribution >= 0.6 is 0 Å². The molecule has 2 aliphatic rings. The highest BCUT2D eigenvalue weighted by Gasteiger charge is 2.36. The predicted molar refractivity (Wildman–Crippen MR) is 124 cm³/mol. The van der Waals surface area contributed by atoms with Crippen LogP contribution < -0.4 is 4.74 Å². The maximum absolute atomic E-state index is 13.1. The van der Waals surface area contributed by atoms with Gasteiger partial charge in [-0.1, -0.05) is 12.1 Å². The number of carbonyl (C=O) groups is 2. The SMILES string of the molecule is COC(=O)C[C@@H](c1ccc2ncccc2c1)c1c(O)ccc2c1O/C(=C\N1CCOCC1)C2=O. The molecule has 3 aromatic rings. The molecule has 5 rings (SSSR count). The van der Waals surface area contributed by atoms with Gasteiger partial charge in [0, 0.05) is 42.4 Å². The molecule has 8 heteroatoms. The van der Waals surface area contributed by atoms with Crippen LogP contribution in [0, 0.1) is 0 Å². The topological polar surface area (TPSA) is 98.2 Å². The van der Waals surface area contributed by atoms with Crippen molar-refractivity contribution >= 4 is 22.7 Å². The van der Waals surface area contributed by atoms with Gasteiger partial charge >= 0.3 is 5.97 Å². The third kappa shape index (κ3) is 4.08. The predicted octanol–water partition coefficient (Wildman–Crippen LogP) is 3.38. The Morgan fingerprint density at radius 1 is 1.24 bits per heavy atom. The number of aromatic nitrogens is 1. The molecule has 1 atom stereocenters. The smallest absolute Gasteiger partial charge is 0.306 e. The zero-order valence-electron chi connectivity index (χ0n) is 18.7. The number of rotatable bonds is 5. The first-order valence-corrected chi connectivity index (χ1v) is 11.1. The largest absolute Gasteiger partial charge is 0.508 e. The molecular formula is C26H24N2O6. The van der Waals surface area contributed by atoms with Crippen LogP contribution in [0.4, 0.5) is 0 Å². The number of esters is 1. The van der Waals surface area contributed by atoms with Crippen LogP contribution in [0.25, 0.3) is 10.9 Å². The van der Waals surface area contributed by atoms with Crippen LogP contribution in [0.5, 0.6) is 11.5 Å². The van der Waals surface area contributed by atoms with Gasteiger partial charge in [-0.15, -0.1) is 0 Å². The monoisotopic (exact) mass is 460 g/mol. The molecule has 8 nitrogen and oxygen atoms in total. The van der Waals surface area contributed by atoms with Gasteiger partial charge in [-0.05, 0) is 35.9 Å². The number of phenols is 1. The Morgan fingerprint density at radius 2 is 2.06 bits per heavy atom. The van der Waals surface area contributed by atoms with Gasteiger partial charge in [-0.2, -0.15) is 0 Å². The number of pyridine rings is 1. The molecule has 0 unspecified atom stereocenters. The molecule has 2 aliphatic heterocycles. The summed E-state index contributed by atoms with van der Waals surface area (Å²) in [6.07, 6.45) is 3.38. The molecule has 3 heterocycles. The molecule has 1 saturated heterocycles. The fourth-order valence-electron chi connectivity index (χ4n) is 4.41. The summed E-state index contributed by atoms with van der Waals surface area (Å²) in [7, 11) is 1.32. The number of benzene rings is 2. The number of ketones is 1. The number of aromatic hydroxyl groups is 1. The Kier molecular flexibility index (Phi) is 5.90. The number of methoxy groups -OCH3 is 1. The highest BCUT2D eigenvalue weighted by molar-refractivity contribution is 6.12. The Balaban J connectivity index is 1.59. The van der Waals surface area contributed by atoms with E-state index in [-0.39, 0.29) is 29.5 Å². The summed E-state index contributed by atoms with van der Waals surface area (Å²) in [6, 6.07) is 12.4. The van der Waals surface area contributed by atoms with Crippen molar-refractivity contribution in [3.8, 4) is 11.5 Å². The number of hydrogen-bond acceptors (Lipinski definition) is 8. The van der Waals surface area contributed by atoms with Crippen molar-refractivity contribution in [1.82, 2.24) is 9.88 Å². The van der Waals surface area contributed by atoms with Gasteiger partial charge in [0.1, 0.15) is 11.5 Å². The van der Waals surface area contributed by atoms with Gasteiger partial charge in [0.25, 0.3) is 0 Å². The lowest BCUT2D eigenvalue weighted by molar-refractivity contribution is -0.140. The van der Waals surface area contributed by atoms with Crippen LogP contribution in [0.15, 0.2) is 60.6 Å². The second-order valence-corrected chi connectivity index (χ2v) is 8.24. The quantitative estimate of drug-likeness (QED) is 0.457. The molecule has 0 spiro atoms. The van der Waals surface area contributed by atoms with Crippen LogP contribution in [0.3, 0.4) is 0 Å². The minimum Gasteiger partial charge on any atom is -0.508 e. The average Bonchev–Trinajstić information content (AvgIpc) is 3.18. The number of morpholine rings is 1. The lowest BCUT2D eigenvalue weighted by Crippen LogP contribution is -2.32. The third-order valence-electron chi connectivity index (χ3n) is 6.18. The molecule has 1 fully saturated rings. The van der Waals surface area contributed by atoms with E-state index in [0.717, 1.165) is 16.5 Å². The fraction of sp³-hybridized carbons (Fsp3) is 0.269. The van der Waals surface area contributed by atoms with Gasteiger partial charge in [0.2, 0.25) is 5.78 Å². The van der Waals surface area contributed by atoms with E-state index in [0.29, 0.717) is 37.4 Å². The normalized spacial score (nSPS) is 17.5. The Hall–Kier alpha value is -3.91. The highest BCUT2D eigenvalue weighted by Crippen LogP contribution is 2.46. The fourth-order valence-corrected chi connectivity index (χ4v) is 4.41. The molecule has 0 radical (unpaired) electrons. The van der Waals surface area contributed by atoms with Crippen molar-refractivity contribution in [2.24, 2.45) is 0 Å². The molecule has 0 saturated carbocycles. The number of ether oxygens (including phenoxy) is 3. The molecule has 174 valence electrons. The van der Waals surface area contributed by atoms with Gasteiger partial charge < -0.3 is 24.2 Å². The number of fused-ring (bicyclic) bond motifs is 2. The molecule has 34 heavy (non-hydrogen) atoms. The standard InChI is InChI=1S/C26H24N2O6/c1-32-23(30)14-19(16-4-6-20-17(13-16)3-2-8-27-20)24-21(29)7-5-18-25(31)22(34-26(18)24)15-28-9-11-33-12-10-28/h2-8,13,15,19,29H,9-12,14H2,1H3/b22-15-/t19-/m0/s1. The number of carbonyl (C=O) groups excluding carboxylic acids is 2. The van der Waals surface area contributed by atoms with E-state index < -0.39 is 11.9 Å². The Morgan fingerprint density at radius 3 is 2.85 bits per heavy atom. The van der Waals surface area contributed by atoms with Gasteiger partial charge in [-0.3, -0.25) is 14.6 Å². The lowest BCUT2D eigenvalue weighted by atomic mass is 9.85. The van der Waals surface area contributed by atoms with Crippen molar-refractivity contribution < 1.29 is 28.9 Å². The van der Waals surface area contributed by atoms with E-state index >= 15 is 0 Å². The Bertz CT molecular complexity index is 1300. The molecule has 1 aromatic heterocycles. The number of Topliss-reactive ketones (excluding diaryl/α,β-unsaturated/α-hetero) is 1. The van der Waals surface area contributed by atoms with E-state index in [1.165, 1.54) is 13.2 Å². The van der Waals surface area contributed by atoms with Crippen molar-refractivity contribution in [3.05, 3.63) is 77.3 Å². The number of phenolic OH excluding ortho intramolecular Hbond substituents is 1. The summed E-state index contributed by atoms with van der Waals surface area (Å²) in [5.41, 5.74) is 2.32. The van der Waals surface area contributed by atoms with E-state index in [9.17, 15) is 14.7 Å². The van der Waals surface area contributed by atoms with Crippen LogP contribution in [-0.4, -0.2) is 60.2 Å². The summed E-state index contributed by atoms with van der Waals surface area (Å²) in [5.74, 6) is -0.904. The Labute approximate surface area is 196 Å². The van der Waals surface area contributed by atoms with Crippen molar-refractivity contribution in [2.45, 2.75) is 12.3 Å². The first-order chi connectivity index (χ1) is 16.5. The minimum atomic E-state index is -0.595. The first-order valence-electron chi connectivity index (χ1n) is 11.1. The zero-order valence-corrected chi connectivity index (χ0v) is 18.7. The molecular weight excluding hydrogens is 436 g/mol. The van der Waals surface area contributed by atoms with Crippen molar-refractivity contribution in [1.29, 1.82) is 0 Å². The number of allylic oxidation sites excluding steroid dienone is 1. The van der Waals surface area contributed by atoms with Crippen molar-refractivity contribution in [3.63, 3.8) is 0 Å². The first kappa shape index (κ1) is 21.9. The summed E-state index contributed by atoms with van der Waals surface area (Å²) in [4.78, 5) is 31.8. The van der Waals surface area contributed by atoms with E-state index in [1.54, 1.807) is 18.5 Å². The maximum Gasteiger partial charge on any atom is 0.306 e. The highest BCUT2D eigenvalue weighted by atomic mass is 16.5. The minimum absolute atomic E-state index is 0.0354. The van der Waals surface area contributed by atoms with E-state index in [1.807, 2.05) is 35.2 Å². The van der Waals surface area contributed by atoms with Crippen LogP contribution in [0.1, 0.15) is 33.8 Å². The maximum atomic E-state index is 13.1. The third-order valence-corrected chi connectivity index (χ3v) is 6.18. The summed E-state index contributed by atoms with van der Waals surface area (Å²) < 4.78 is 16.4. The number of hydrogen-bond donors (Lipinski definition) is 1. The summed E-state index contributed by atoms with van der Waals surface area (Å²) in [6.45, 7) is 2.47. The van der Waals surface area contributed by atoms with Crippen LogP contribution in [-0.2, 0) is 14.3 Å². The van der Waals surface area contributed by atoms with E-state index in [2.05, 4.69) is 4.98 Å².